The summed E-state index contributed by atoms with van der Waals surface area (Å²) < 4.78 is 5.34. The lowest BCUT2D eigenvalue weighted by Crippen LogP contribution is -2.57. The van der Waals surface area contributed by atoms with Crippen LogP contribution in [0.5, 0.6) is 0 Å². The van der Waals surface area contributed by atoms with Crippen molar-refractivity contribution in [2.24, 2.45) is 0 Å². The van der Waals surface area contributed by atoms with Crippen LogP contribution in [0, 0.1) is 0 Å². The van der Waals surface area contributed by atoms with Crippen LogP contribution in [0.3, 0.4) is 0 Å². The Hall–Kier alpha value is -1.91. The lowest BCUT2D eigenvalue weighted by atomic mass is 10.1. The van der Waals surface area contributed by atoms with Crippen LogP contribution in [0.1, 0.15) is 20.8 Å². The number of ether oxygens (including phenoxy) is 1. The first-order valence-corrected chi connectivity index (χ1v) is 7.26. The van der Waals surface area contributed by atoms with E-state index in [1.54, 1.807) is 4.90 Å². The molecule has 116 valence electrons. The summed E-state index contributed by atoms with van der Waals surface area (Å²) in [7, 11) is 4.04. The Balaban J connectivity index is 1.83. The molecule has 0 atom stereocenters. The van der Waals surface area contributed by atoms with Gasteiger partial charge in [0.1, 0.15) is 5.60 Å². The SMILES string of the molecule is CN(C)c1cccc(NC2CN(C(=O)OC(C)(C)C)C2)c1. The summed E-state index contributed by atoms with van der Waals surface area (Å²) in [6, 6.07) is 8.54. The van der Waals surface area contributed by atoms with Crippen LogP contribution in [0.2, 0.25) is 0 Å². The molecule has 2 rings (SSSR count). The second-order valence-corrected chi connectivity index (χ2v) is 6.67. The van der Waals surface area contributed by atoms with Crippen LogP contribution in [0.25, 0.3) is 0 Å². The molecule has 0 unspecified atom stereocenters. The molecule has 1 aliphatic heterocycles. The number of hydrogen-bond donors (Lipinski definition) is 1. The molecule has 0 spiro atoms. The Morgan fingerprint density at radius 3 is 2.57 bits per heavy atom. The fraction of sp³-hybridized carbons (Fsp3) is 0.562. The number of anilines is 2. The zero-order chi connectivity index (χ0) is 15.6. The van der Waals surface area contributed by atoms with E-state index < -0.39 is 5.60 Å². The van der Waals surface area contributed by atoms with Crippen molar-refractivity contribution in [2.45, 2.75) is 32.4 Å². The molecule has 1 amide bonds. The van der Waals surface area contributed by atoms with E-state index in [9.17, 15) is 4.79 Å². The second-order valence-electron chi connectivity index (χ2n) is 6.67. The summed E-state index contributed by atoms with van der Waals surface area (Å²) in [6.07, 6.45) is -0.234. The highest BCUT2D eigenvalue weighted by molar-refractivity contribution is 5.70. The Bertz CT molecular complexity index is 502. The van der Waals surface area contributed by atoms with Crippen molar-refractivity contribution in [3.63, 3.8) is 0 Å². The van der Waals surface area contributed by atoms with E-state index in [1.165, 1.54) is 0 Å². The summed E-state index contributed by atoms with van der Waals surface area (Å²) in [4.78, 5) is 15.6. The van der Waals surface area contributed by atoms with Crippen LogP contribution in [-0.4, -0.2) is 49.8 Å². The maximum Gasteiger partial charge on any atom is 0.410 e. The standard InChI is InChI=1S/C16H25N3O2/c1-16(2,3)21-15(20)19-10-13(11-19)17-12-7-6-8-14(9-12)18(4)5/h6-9,13,17H,10-11H2,1-5H3. The summed E-state index contributed by atoms with van der Waals surface area (Å²) in [6.45, 7) is 7.01. The largest absolute Gasteiger partial charge is 0.444 e. The molecule has 1 heterocycles. The summed E-state index contributed by atoms with van der Waals surface area (Å²) in [5.41, 5.74) is 1.80. The summed E-state index contributed by atoms with van der Waals surface area (Å²) in [5, 5.41) is 3.45. The number of nitrogens with one attached hydrogen (secondary N) is 1. The van der Waals surface area contributed by atoms with Crippen LogP contribution in [0.15, 0.2) is 24.3 Å². The summed E-state index contributed by atoms with van der Waals surface area (Å²) >= 11 is 0. The van der Waals surface area contributed by atoms with Gasteiger partial charge in [-0.2, -0.15) is 0 Å². The first-order chi connectivity index (χ1) is 9.74. The first-order valence-electron chi connectivity index (χ1n) is 7.26. The average molecular weight is 291 g/mol. The molecule has 0 aromatic heterocycles. The molecule has 21 heavy (non-hydrogen) atoms. The van der Waals surface area contributed by atoms with E-state index in [1.807, 2.05) is 47.0 Å². The average Bonchev–Trinajstić information content (AvgIpc) is 2.31. The molecule has 1 aromatic rings. The van der Waals surface area contributed by atoms with Gasteiger partial charge >= 0.3 is 6.09 Å². The lowest BCUT2D eigenvalue weighted by molar-refractivity contribution is 0.0105. The van der Waals surface area contributed by atoms with Gasteiger partial charge < -0.3 is 19.9 Å². The minimum atomic E-state index is -0.435. The maximum atomic E-state index is 11.9. The van der Waals surface area contributed by atoms with Gasteiger partial charge in [0.2, 0.25) is 0 Å². The van der Waals surface area contributed by atoms with Crippen LogP contribution in [0.4, 0.5) is 16.2 Å². The predicted octanol–water partition coefficient (Wildman–Crippen LogP) is 2.78. The molecule has 1 saturated heterocycles. The molecule has 1 aliphatic rings. The number of benzene rings is 1. The van der Waals surface area contributed by atoms with Crippen LogP contribution >= 0.6 is 0 Å². The Kier molecular flexibility index (Phi) is 4.30. The van der Waals surface area contributed by atoms with Crippen molar-refractivity contribution in [1.82, 2.24) is 4.90 Å². The van der Waals surface area contributed by atoms with Crippen LogP contribution in [-0.2, 0) is 4.74 Å². The third kappa shape index (κ3) is 4.28. The van der Waals surface area contributed by atoms with Crippen molar-refractivity contribution in [1.29, 1.82) is 0 Å². The van der Waals surface area contributed by atoms with Crippen molar-refractivity contribution in [3.05, 3.63) is 24.3 Å². The number of likely N-dealkylation sites (tertiary alicyclic amines) is 1. The molecule has 0 saturated carbocycles. The molecular weight excluding hydrogens is 266 g/mol. The van der Waals surface area contributed by atoms with Gasteiger partial charge in [0, 0.05) is 38.6 Å². The zero-order valence-corrected chi connectivity index (χ0v) is 13.5. The smallest absolute Gasteiger partial charge is 0.410 e. The lowest BCUT2D eigenvalue weighted by Gasteiger charge is -2.40. The van der Waals surface area contributed by atoms with E-state index in [4.69, 9.17) is 4.74 Å². The molecule has 0 aliphatic carbocycles. The topological polar surface area (TPSA) is 44.8 Å². The maximum absolute atomic E-state index is 11.9. The Morgan fingerprint density at radius 2 is 2.00 bits per heavy atom. The highest BCUT2D eigenvalue weighted by atomic mass is 16.6. The molecule has 1 fully saturated rings. The van der Waals surface area contributed by atoms with Crippen molar-refractivity contribution in [3.8, 4) is 0 Å². The highest BCUT2D eigenvalue weighted by Gasteiger charge is 2.33. The quantitative estimate of drug-likeness (QED) is 0.930. The van der Waals surface area contributed by atoms with Gasteiger partial charge in [0.25, 0.3) is 0 Å². The number of rotatable bonds is 3. The minimum absolute atomic E-state index is 0.234. The number of carbonyl (C=O) groups excluding carboxylic acids is 1. The molecule has 5 heteroatoms. The number of amides is 1. The zero-order valence-electron chi connectivity index (χ0n) is 13.5. The van der Waals surface area contributed by atoms with Crippen molar-refractivity contribution < 1.29 is 9.53 Å². The first kappa shape index (κ1) is 15.5. The molecule has 1 aromatic carbocycles. The predicted molar refractivity (Wildman–Crippen MR) is 86.0 cm³/mol. The molecular formula is C16H25N3O2. The van der Waals surface area contributed by atoms with E-state index in [2.05, 4.69) is 22.3 Å². The second kappa shape index (κ2) is 5.84. The van der Waals surface area contributed by atoms with E-state index in [0.29, 0.717) is 13.1 Å². The van der Waals surface area contributed by atoms with Gasteiger partial charge in [-0.05, 0) is 39.0 Å². The van der Waals surface area contributed by atoms with Gasteiger partial charge in [-0.25, -0.2) is 4.79 Å². The highest BCUT2D eigenvalue weighted by Crippen LogP contribution is 2.21. The van der Waals surface area contributed by atoms with Gasteiger partial charge in [-0.1, -0.05) is 6.07 Å². The molecule has 5 nitrogen and oxygen atoms in total. The van der Waals surface area contributed by atoms with E-state index in [0.717, 1.165) is 11.4 Å². The third-order valence-corrected chi connectivity index (χ3v) is 3.27. The number of hydrogen-bond acceptors (Lipinski definition) is 4. The minimum Gasteiger partial charge on any atom is -0.444 e. The fourth-order valence-corrected chi connectivity index (χ4v) is 2.15. The number of carbonyl (C=O) groups is 1. The molecule has 1 N–H and O–H groups in total. The van der Waals surface area contributed by atoms with Crippen molar-refractivity contribution >= 4 is 17.5 Å². The Labute approximate surface area is 126 Å². The molecule has 0 bridgehead atoms. The third-order valence-electron chi connectivity index (χ3n) is 3.27. The van der Waals surface area contributed by atoms with Gasteiger partial charge in [0.05, 0.1) is 6.04 Å². The van der Waals surface area contributed by atoms with Gasteiger partial charge in [-0.3, -0.25) is 0 Å². The van der Waals surface area contributed by atoms with E-state index in [-0.39, 0.29) is 12.1 Å². The number of nitrogens with zero attached hydrogens (tertiary/aromatic N) is 2. The Morgan fingerprint density at radius 1 is 1.33 bits per heavy atom. The fourth-order valence-electron chi connectivity index (χ4n) is 2.15. The van der Waals surface area contributed by atoms with Crippen LogP contribution < -0.4 is 10.2 Å². The monoisotopic (exact) mass is 291 g/mol. The van der Waals surface area contributed by atoms with E-state index >= 15 is 0 Å². The molecule has 0 radical (unpaired) electrons. The summed E-state index contributed by atoms with van der Waals surface area (Å²) in [5.74, 6) is 0. The normalized spacial score (nSPS) is 15.4. The van der Waals surface area contributed by atoms with Crippen molar-refractivity contribution in [2.75, 3.05) is 37.4 Å². The van der Waals surface area contributed by atoms with Gasteiger partial charge in [0.15, 0.2) is 0 Å². The van der Waals surface area contributed by atoms with Gasteiger partial charge in [-0.15, -0.1) is 0 Å².